The van der Waals surface area contributed by atoms with Crippen LogP contribution in [-0.4, -0.2) is 30.1 Å². The van der Waals surface area contributed by atoms with Crippen molar-refractivity contribution in [2.45, 2.75) is 71.4 Å². The minimum atomic E-state index is -1.75. The topological polar surface area (TPSA) is 9.23 Å². The second kappa shape index (κ2) is 7.15. The number of hydrogen-bond donors (Lipinski definition) is 0. The Morgan fingerprint density at radius 3 is 1.38 bits per heavy atom. The second-order valence-corrected chi connectivity index (χ2v) is 22.4. The van der Waals surface area contributed by atoms with Crippen molar-refractivity contribution in [3.8, 4) is 22.9 Å². The molecule has 0 N–H and O–H groups in total. The first-order valence-electron chi connectivity index (χ1n) is 7.61. The van der Waals surface area contributed by atoms with E-state index in [1.54, 1.807) is 0 Å². The van der Waals surface area contributed by atoms with Gasteiger partial charge in [0.15, 0.2) is 13.9 Å². The molecule has 0 spiro atoms. The average Bonchev–Trinajstić information content (AvgIpc) is 2.20. The highest BCUT2D eigenvalue weighted by Gasteiger charge is 2.31. The number of rotatable bonds is 3. The summed E-state index contributed by atoms with van der Waals surface area (Å²) in [6, 6.07) is 0. The van der Waals surface area contributed by atoms with Crippen molar-refractivity contribution < 1.29 is 4.43 Å². The van der Waals surface area contributed by atoms with Gasteiger partial charge in [0.2, 0.25) is 0 Å². The summed E-state index contributed by atoms with van der Waals surface area (Å²) in [6.07, 6.45) is 4.05. The molecule has 0 bridgehead atoms. The number of hydrogen-bond acceptors (Lipinski definition) is 1. The molecule has 0 fully saturated rings. The average molecular weight is 337 g/mol. The van der Waals surface area contributed by atoms with Crippen molar-refractivity contribution in [3.05, 3.63) is 12.2 Å². The Morgan fingerprint density at radius 1 is 0.762 bits per heavy atom. The van der Waals surface area contributed by atoms with Gasteiger partial charge in [0, 0.05) is 0 Å². The Balaban J connectivity index is 5.98. The lowest BCUT2D eigenvalue weighted by molar-refractivity contribution is 0.234. The monoisotopic (exact) mass is 336 g/mol. The minimum absolute atomic E-state index is 0.722. The van der Waals surface area contributed by atoms with Crippen LogP contribution in [-0.2, 0) is 4.43 Å². The van der Waals surface area contributed by atoms with Crippen LogP contribution < -0.4 is 0 Å². The molecule has 0 rings (SSSR count). The summed E-state index contributed by atoms with van der Waals surface area (Å²) in [6.45, 7) is 22.1. The lowest BCUT2D eigenvalue weighted by Gasteiger charge is -2.29. The zero-order chi connectivity index (χ0) is 16.9. The van der Waals surface area contributed by atoms with Crippen LogP contribution >= 0.6 is 0 Å². The van der Waals surface area contributed by atoms with Gasteiger partial charge < -0.3 is 4.43 Å². The molecule has 1 nitrogen and oxygen atoms in total. The van der Waals surface area contributed by atoms with Crippen LogP contribution in [0.2, 0.25) is 58.9 Å². The first-order valence-corrected chi connectivity index (χ1v) is 18.0. The Bertz CT molecular complexity index is 459. The maximum atomic E-state index is 6.41. The molecule has 0 aromatic rings. The van der Waals surface area contributed by atoms with Gasteiger partial charge in [0.1, 0.15) is 16.1 Å². The van der Waals surface area contributed by atoms with Gasteiger partial charge in [-0.2, -0.15) is 0 Å². The van der Waals surface area contributed by atoms with E-state index in [1.165, 1.54) is 0 Å². The van der Waals surface area contributed by atoms with Crippen LogP contribution in [0.3, 0.4) is 0 Å². The van der Waals surface area contributed by atoms with Crippen molar-refractivity contribution in [3.63, 3.8) is 0 Å². The summed E-state index contributed by atoms with van der Waals surface area (Å²) < 4.78 is 6.41. The SMILES string of the molecule is C/C=C/C(C#C[Si](C)(C)C)(C#C[Si](C)(C)C)O[Si](C)(C)C. The molecule has 4 heteroatoms. The Morgan fingerprint density at radius 2 is 1.14 bits per heavy atom. The summed E-state index contributed by atoms with van der Waals surface area (Å²) >= 11 is 0. The molecule has 21 heavy (non-hydrogen) atoms. The second-order valence-electron chi connectivity index (χ2n) is 8.45. The van der Waals surface area contributed by atoms with Gasteiger partial charge in [0.05, 0.1) is 0 Å². The molecule has 118 valence electrons. The molecule has 0 radical (unpaired) electrons. The summed E-state index contributed by atoms with van der Waals surface area (Å²) in [4.78, 5) is 0. The largest absolute Gasteiger partial charge is 0.389 e. The van der Waals surface area contributed by atoms with Crippen LogP contribution in [0.25, 0.3) is 0 Å². The Hall–Kier alpha value is -0.529. The molecule has 0 amide bonds. The lowest BCUT2D eigenvalue weighted by Crippen LogP contribution is -2.40. The van der Waals surface area contributed by atoms with Crippen LogP contribution in [0.1, 0.15) is 6.92 Å². The Kier molecular flexibility index (Phi) is 6.97. The smallest absolute Gasteiger partial charge is 0.199 e. The van der Waals surface area contributed by atoms with E-state index in [4.69, 9.17) is 4.43 Å². The summed E-state index contributed by atoms with van der Waals surface area (Å²) in [5.74, 6) is 6.78. The molecule has 0 aliphatic rings. The van der Waals surface area contributed by atoms with E-state index in [9.17, 15) is 0 Å². The summed E-state index contributed by atoms with van der Waals surface area (Å²) in [5, 5.41) is 0. The van der Waals surface area contributed by atoms with Crippen molar-refractivity contribution in [2.24, 2.45) is 0 Å². The highest BCUT2D eigenvalue weighted by molar-refractivity contribution is 6.84. The van der Waals surface area contributed by atoms with E-state index in [2.05, 4.69) is 81.9 Å². The predicted molar refractivity (Wildman–Crippen MR) is 104 cm³/mol. The molecule has 0 aromatic carbocycles. The third kappa shape index (κ3) is 10.8. The van der Waals surface area contributed by atoms with E-state index in [1.807, 2.05) is 19.1 Å². The third-order valence-electron chi connectivity index (χ3n) is 2.11. The molecule has 0 aliphatic carbocycles. The highest BCUT2D eigenvalue weighted by atomic mass is 28.4. The van der Waals surface area contributed by atoms with Crippen molar-refractivity contribution in [2.75, 3.05) is 0 Å². The van der Waals surface area contributed by atoms with E-state index in [0.29, 0.717) is 0 Å². The van der Waals surface area contributed by atoms with Gasteiger partial charge in [0.25, 0.3) is 0 Å². The van der Waals surface area contributed by atoms with Gasteiger partial charge in [-0.25, -0.2) is 0 Å². The van der Waals surface area contributed by atoms with E-state index >= 15 is 0 Å². The lowest BCUT2D eigenvalue weighted by atomic mass is 10.1. The molecule has 0 heterocycles. The van der Waals surface area contributed by atoms with Crippen LogP contribution in [0.5, 0.6) is 0 Å². The fourth-order valence-electron chi connectivity index (χ4n) is 1.48. The normalized spacial score (nSPS) is 13.4. The van der Waals surface area contributed by atoms with Crippen molar-refractivity contribution in [1.29, 1.82) is 0 Å². The first kappa shape index (κ1) is 20.5. The first-order chi connectivity index (χ1) is 9.18. The molecule has 0 saturated heterocycles. The van der Waals surface area contributed by atoms with Crippen molar-refractivity contribution >= 4 is 24.5 Å². The molecule has 0 aliphatic heterocycles. The van der Waals surface area contributed by atoms with Gasteiger partial charge in [-0.15, -0.1) is 11.1 Å². The van der Waals surface area contributed by atoms with Crippen LogP contribution in [0, 0.1) is 22.9 Å². The van der Waals surface area contributed by atoms with E-state index in [-0.39, 0.29) is 0 Å². The van der Waals surface area contributed by atoms with Gasteiger partial charge in [-0.05, 0) is 32.6 Å². The quantitative estimate of drug-likeness (QED) is 0.404. The zero-order valence-corrected chi connectivity index (χ0v) is 18.6. The summed E-state index contributed by atoms with van der Waals surface area (Å²) in [5.41, 5.74) is 6.19. The van der Waals surface area contributed by atoms with Gasteiger partial charge in [-0.3, -0.25) is 0 Å². The fourth-order valence-corrected chi connectivity index (χ4v) is 3.74. The van der Waals surface area contributed by atoms with E-state index in [0.717, 1.165) is 0 Å². The van der Waals surface area contributed by atoms with Gasteiger partial charge >= 0.3 is 0 Å². The molecule has 0 saturated carbocycles. The maximum Gasteiger partial charge on any atom is 0.199 e. The van der Waals surface area contributed by atoms with Crippen molar-refractivity contribution in [1.82, 2.24) is 0 Å². The molecule has 0 atom stereocenters. The van der Waals surface area contributed by atoms with Crippen LogP contribution in [0.15, 0.2) is 12.2 Å². The highest BCUT2D eigenvalue weighted by Crippen LogP contribution is 2.20. The van der Waals surface area contributed by atoms with Gasteiger partial charge in [-0.1, -0.05) is 57.2 Å². The molecular weight excluding hydrogens is 304 g/mol. The molecular formula is C17H32OSi3. The third-order valence-corrected chi connectivity index (χ3v) is 4.80. The van der Waals surface area contributed by atoms with Crippen LogP contribution in [0.4, 0.5) is 0 Å². The minimum Gasteiger partial charge on any atom is -0.389 e. The maximum absolute atomic E-state index is 6.41. The molecule has 0 aromatic heterocycles. The standard InChI is InChI=1S/C17H32OSi3/c1-11-12-17(18-21(8,9)10,13-15-19(2,3)4)14-16-20(5,6)7/h11-12H,1-10H3/b12-11+. The fraction of sp³-hybridized carbons (Fsp3) is 0.647. The summed E-state index contributed by atoms with van der Waals surface area (Å²) in [7, 11) is -4.67. The predicted octanol–water partition coefficient (Wildman–Crippen LogP) is 4.91. The van der Waals surface area contributed by atoms with E-state index < -0.39 is 30.1 Å². The Labute approximate surface area is 135 Å². The molecule has 0 unspecified atom stereocenters. The number of allylic oxidation sites excluding steroid dienone is 1. The zero-order valence-electron chi connectivity index (χ0n) is 15.6.